The predicted molar refractivity (Wildman–Crippen MR) is 69.9 cm³/mol. The lowest BCUT2D eigenvalue weighted by Gasteiger charge is -2.18. The molecule has 12 heteroatoms. The van der Waals surface area contributed by atoms with E-state index >= 15 is 0 Å². The molecule has 0 radical (unpaired) electrons. The number of ether oxygens (including phenoxy) is 1. The van der Waals surface area contributed by atoms with E-state index in [0.717, 1.165) is 12.5 Å². The maximum atomic E-state index is 13.5. The van der Waals surface area contributed by atoms with Crippen LogP contribution in [0.5, 0.6) is 0 Å². The molecule has 0 bridgehead atoms. The number of aromatic nitrogens is 2. The third-order valence-corrected chi connectivity index (χ3v) is 3.41. The summed E-state index contributed by atoms with van der Waals surface area (Å²) in [6.07, 6.45) is -3.89. The zero-order valence-corrected chi connectivity index (χ0v) is 12.1. The van der Waals surface area contributed by atoms with Gasteiger partial charge in [-0.25, -0.2) is 9.18 Å². The summed E-state index contributed by atoms with van der Waals surface area (Å²) in [7, 11) is -3.92. The highest BCUT2D eigenvalue weighted by molar-refractivity contribution is 7.86. The lowest BCUT2D eigenvalue weighted by Crippen LogP contribution is -2.40. The van der Waals surface area contributed by atoms with Gasteiger partial charge in [-0.15, -0.1) is 0 Å². The fourth-order valence-electron chi connectivity index (χ4n) is 1.94. The van der Waals surface area contributed by atoms with Gasteiger partial charge in [-0.1, -0.05) is 0 Å². The van der Waals surface area contributed by atoms with Crippen LogP contribution >= 0.6 is 0 Å². The fourth-order valence-corrected chi connectivity index (χ4v) is 2.58. The molecule has 1 saturated heterocycles. The lowest BCUT2D eigenvalue weighted by molar-refractivity contribution is -0.00731. The van der Waals surface area contributed by atoms with E-state index in [9.17, 15) is 22.7 Å². The summed E-state index contributed by atoms with van der Waals surface area (Å²) in [6, 6.07) is 0. The van der Waals surface area contributed by atoms with Crippen molar-refractivity contribution in [3.63, 3.8) is 0 Å². The number of hydrogen-bond acceptors (Lipinski definition) is 9. The molecule has 4 N–H and O–H groups in total. The van der Waals surface area contributed by atoms with Crippen LogP contribution in [0.2, 0.25) is 0 Å². The molecule has 10 nitrogen and oxygen atoms in total. The molecule has 2 rings (SSSR count). The van der Waals surface area contributed by atoms with Gasteiger partial charge in [0.2, 0.25) is 0 Å². The number of H-pyrrole nitrogens is 1. The van der Waals surface area contributed by atoms with E-state index in [1.54, 1.807) is 0 Å². The molecule has 1 fully saturated rings. The molecule has 0 unspecified atom stereocenters. The number of rotatable bonds is 5. The van der Waals surface area contributed by atoms with Crippen molar-refractivity contribution in [2.24, 2.45) is 0 Å². The second-order valence-corrected chi connectivity index (χ2v) is 6.18. The monoisotopic (exact) mass is 339 g/mol. The van der Waals surface area contributed by atoms with Crippen LogP contribution in [0.15, 0.2) is 11.0 Å². The van der Waals surface area contributed by atoms with Crippen LogP contribution in [0.3, 0.4) is 0 Å². The van der Waals surface area contributed by atoms with Crippen molar-refractivity contribution in [1.82, 2.24) is 9.97 Å². The van der Waals surface area contributed by atoms with E-state index in [4.69, 9.17) is 9.84 Å². The van der Waals surface area contributed by atoms with Gasteiger partial charge in [0.25, 0.3) is 10.1 Å². The minimum Gasteiger partial charge on any atom is -0.394 e. The zero-order chi connectivity index (χ0) is 16.5. The Morgan fingerprint density at radius 1 is 1.59 bits per heavy atom. The number of anilines is 1. The highest BCUT2D eigenvalue weighted by Crippen LogP contribution is 2.26. The third kappa shape index (κ3) is 3.78. The largest absolute Gasteiger partial charge is 0.394 e. The van der Waals surface area contributed by atoms with Gasteiger partial charge in [0.1, 0.15) is 18.3 Å². The number of aliphatic hydroxyl groups is 2. The summed E-state index contributed by atoms with van der Waals surface area (Å²) in [6.45, 7) is -0.638. The molecule has 0 aromatic carbocycles. The normalized spacial score (nSPS) is 28.7. The van der Waals surface area contributed by atoms with E-state index < -0.39 is 58.6 Å². The Bertz CT molecular complexity index is 694. The molecule has 1 aromatic heterocycles. The summed E-state index contributed by atoms with van der Waals surface area (Å²) in [4.78, 5) is 16.4. The maximum Gasteiger partial charge on any atom is 0.347 e. The van der Waals surface area contributed by atoms with Crippen molar-refractivity contribution in [3.8, 4) is 0 Å². The van der Waals surface area contributed by atoms with E-state index in [1.165, 1.54) is 0 Å². The Kier molecular flexibility index (Phi) is 4.77. The van der Waals surface area contributed by atoms with Gasteiger partial charge in [0.15, 0.2) is 17.9 Å². The lowest BCUT2D eigenvalue weighted by atomic mass is 10.1. The Balaban J connectivity index is 2.19. The molecule has 1 aliphatic heterocycles. The van der Waals surface area contributed by atoms with E-state index in [0.29, 0.717) is 0 Å². The smallest absolute Gasteiger partial charge is 0.347 e. The summed E-state index contributed by atoms with van der Waals surface area (Å²) in [5, 5.41) is 21.5. The van der Waals surface area contributed by atoms with Crippen molar-refractivity contribution in [2.45, 2.75) is 24.5 Å². The molecule has 124 valence electrons. The average Bonchev–Trinajstić information content (AvgIpc) is 2.70. The van der Waals surface area contributed by atoms with Gasteiger partial charge in [0.05, 0.1) is 12.9 Å². The molecule has 0 aliphatic carbocycles. The first-order valence-corrected chi connectivity index (χ1v) is 7.87. The Labute approximate surface area is 124 Å². The van der Waals surface area contributed by atoms with Crippen molar-refractivity contribution in [2.75, 3.05) is 18.2 Å². The molecule has 0 amide bonds. The number of nitrogens with zero attached hydrogens (tertiary/aromatic N) is 1. The molecule has 1 aromatic rings. The molecular formula is C10H14FN3O7S. The maximum absolute atomic E-state index is 13.5. The second-order valence-electron chi connectivity index (χ2n) is 4.58. The molecule has 1 aliphatic rings. The van der Waals surface area contributed by atoms with Gasteiger partial charge in [-0.3, -0.25) is 4.18 Å². The first kappa shape index (κ1) is 16.8. The highest BCUT2D eigenvalue weighted by Gasteiger charge is 2.46. The van der Waals surface area contributed by atoms with Crippen LogP contribution < -0.4 is 11.0 Å². The van der Waals surface area contributed by atoms with Crippen molar-refractivity contribution < 1.29 is 31.9 Å². The first-order chi connectivity index (χ1) is 10.2. The summed E-state index contributed by atoms with van der Waals surface area (Å²) >= 11 is 0. The fraction of sp³-hybridized carbons (Fsp3) is 0.600. The van der Waals surface area contributed by atoms with Crippen LogP contribution in [0.25, 0.3) is 0 Å². The van der Waals surface area contributed by atoms with Gasteiger partial charge in [-0.2, -0.15) is 13.4 Å². The topological polar surface area (TPSA) is 151 Å². The Morgan fingerprint density at radius 3 is 2.86 bits per heavy atom. The summed E-state index contributed by atoms with van der Waals surface area (Å²) in [5.41, 5.74) is -0.834. The quantitative estimate of drug-likeness (QED) is 0.436. The van der Waals surface area contributed by atoms with Crippen LogP contribution in [0, 0.1) is 5.82 Å². The predicted octanol–water partition coefficient (Wildman–Crippen LogP) is -2.26. The van der Waals surface area contributed by atoms with E-state index in [1.807, 2.05) is 4.98 Å². The number of halogens is 1. The van der Waals surface area contributed by atoms with Crippen LogP contribution in [0.1, 0.15) is 0 Å². The van der Waals surface area contributed by atoms with Gasteiger partial charge in [-0.05, 0) is 0 Å². The van der Waals surface area contributed by atoms with Crippen LogP contribution in [-0.4, -0.2) is 66.0 Å². The van der Waals surface area contributed by atoms with Gasteiger partial charge in [0, 0.05) is 6.20 Å². The average molecular weight is 339 g/mol. The standard InChI is InChI=1S/C10H14FN3O7S/c1-22(18,19)21-7-5(3-15)20-9(6(7)16)13-8-4(11)2-12-10(17)14-8/h2,5-7,9,15-16H,3H2,1H3,(H2,12,13,14,17)/t5-,6-,7+,9-/m1/s1. The molecule has 4 atom stereocenters. The third-order valence-electron chi connectivity index (χ3n) is 2.84. The Hall–Kier alpha value is -1.60. The molecular weight excluding hydrogens is 325 g/mol. The van der Waals surface area contributed by atoms with Crippen LogP contribution in [0.4, 0.5) is 10.2 Å². The molecule has 2 heterocycles. The van der Waals surface area contributed by atoms with E-state index in [-0.39, 0.29) is 0 Å². The molecule has 22 heavy (non-hydrogen) atoms. The molecule has 0 saturated carbocycles. The van der Waals surface area contributed by atoms with Crippen LogP contribution in [-0.2, 0) is 19.0 Å². The first-order valence-electron chi connectivity index (χ1n) is 6.05. The zero-order valence-electron chi connectivity index (χ0n) is 11.3. The number of aromatic amines is 1. The minimum absolute atomic E-state index is 0.496. The van der Waals surface area contributed by atoms with Crippen molar-refractivity contribution in [3.05, 3.63) is 22.5 Å². The van der Waals surface area contributed by atoms with Crippen molar-refractivity contribution >= 4 is 15.9 Å². The van der Waals surface area contributed by atoms with Crippen molar-refractivity contribution in [1.29, 1.82) is 0 Å². The number of aliphatic hydroxyl groups excluding tert-OH is 2. The summed E-state index contributed by atoms with van der Waals surface area (Å²) in [5.74, 6) is -1.41. The summed E-state index contributed by atoms with van der Waals surface area (Å²) < 4.78 is 45.6. The second kappa shape index (κ2) is 6.26. The number of hydrogen-bond donors (Lipinski definition) is 4. The highest BCUT2D eigenvalue weighted by atomic mass is 32.2. The number of nitrogens with one attached hydrogen (secondary N) is 2. The SMILES string of the molecule is CS(=O)(=O)O[C@@H]1[C@@H](O)[C@H](Nc2nc(=O)[nH]cc2F)O[C@@H]1CO. The van der Waals surface area contributed by atoms with E-state index in [2.05, 4.69) is 14.5 Å². The Morgan fingerprint density at radius 2 is 2.27 bits per heavy atom. The van der Waals surface area contributed by atoms with Gasteiger partial charge < -0.3 is 25.3 Å². The molecule has 0 spiro atoms. The van der Waals surface area contributed by atoms with Gasteiger partial charge >= 0.3 is 5.69 Å². The minimum atomic E-state index is -3.92.